The molecule has 1 atom stereocenters. The topological polar surface area (TPSA) is 28.7 Å². The lowest BCUT2D eigenvalue weighted by Crippen LogP contribution is -1.99. The van der Waals surface area contributed by atoms with Gasteiger partial charge in [-0.05, 0) is 24.1 Å². The van der Waals surface area contributed by atoms with Gasteiger partial charge < -0.3 is 4.98 Å². The minimum Gasteiger partial charge on any atom is -0.348 e. The molecule has 1 heterocycles. The first kappa shape index (κ1) is 9.90. The molecule has 1 aromatic carbocycles. The van der Waals surface area contributed by atoms with E-state index in [4.69, 9.17) is 0 Å². The van der Waals surface area contributed by atoms with Gasteiger partial charge in [0.15, 0.2) is 0 Å². The van der Waals surface area contributed by atoms with Crippen LogP contribution in [0.3, 0.4) is 0 Å². The number of benzene rings is 1. The van der Waals surface area contributed by atoms with Crippen molar-refractivity contribution in [3.63, 3.8) is 0 Å². The Bertz CT molecular complexity index is 449. The van der Waals surface area contributed by atoms with E-state index in [-0.39, 0.29) is 11.7 Å². The van der Waals surface area contributed by atoms with Crippen molar-refractivity contribution in [1.82, 2.24) is 9.97 Å². The molecule has 1 aromatic heterocycles. The summed E-state index contributed by atoms with van der Waals surface area (Å²) >= 11 is 0. The van der Waals surface area contributed by atoms with Crippen LogP contribution in [0.4, 0.5) is 4.39 Å². The summed E-state index contributed by atoms with van der Waals surface area (Å²) in [6.07, 6.45) is 3.52. The highest BCUT2D eigenvalue weighted by molar-refractivity contribution is 5.29. The largest absolute Gasteiger partial charge is 0.348 e. The van der Waals surface area contributed by atoms with Crippen LogP contribution in [0.1, 0.15) is 29.8 Å². The van der Waals surface area contributed by atoms with E-state index < -0.39 is 0 Å². The van der Waals surface area contributed by atoms with Crippen molar-refractivity contribution in [2.24, 2.45) is 0 Å². The lowest BCUT2D eigenvalue weighted by atomic mass is 9.98. The highest BCUT2D eigenvalue weighted by Gasteiger charge is 2.11. The minimum absolute atomic E-state index is 0.162. The van der Waals surface area contributed by atoms with E-state index in [9.17, 15) is 4.39 Å². The highest BCUT2D eigenvalue weighted by Crippen LogP contribution is 2.22. The van der Waals surface area contributed by atoms with Crippen LogP contribution in [0.25, 0.3) is 0 Å². The molecule has 0 aliphatic heterocycles. The average molecular weight is 204 g/mol. The van der Waals surface area contributed by atoms with Gasteiger partial charge in [0.2, 0.25) is 0 Å². The molecule has 2 rings (SSSR count). The number of aryl methyl sites for hydroxylation is 1. The first-order valence-electron chi connectivity index (χ1n) is 4.94. The predicted molar refractivity (Wildman–Crippen MR) is 57.2 cm³/mol. The van der Waals surface area contributed by atoms with Crippen molar-refractivity contribution >= 4 is 0 Å². The van der Waals surface area contributed by atoms with Crippen molar-refractivity contribution in [2.75, 3.05) is 0 Å². The zero-order valence-corrected chi connectivity index (χ0v) is 8.79. The number of halogens is 1. The van der Waals surface area contributed by atoms with Crippen LogP contribution < -0.4 is 0 Å². The Balaban J connectivity index is 2.34. The Kier molecular flexibility index (Phi) is 2.54. The summed E-state index contributed by atoms with van der Waals surface area (Å²) in [4.78, 5) is 7.26. The third-order valence-electron chi connectivity index (χ3n) is 2.61. The Morgan fingerprint density at radius 2 is 2.20 bits per heavy atom. The summed E-state index contributed by atoms with van der Waals surface area (Å²) in [5.41, 5.74) is 1.75. The molecule has 0 fully saturated rings. The van der Waals surface area contributed by atoms with Crippen LogP contribution in [-0.2, 0) is 0 Å². The molecular formula is C12H13FN2. The summed E-state index contributed by atoms with van der Waals surface area (Å²) in [5, 5.41) is 0. The van der Waals surface area contributed by atoms with Crippen LogP contribution in [0.5, 0.6) is 0 Å². The molecule has 15 heavy (non-hydrogen) atoms. The normalized spacial score (nSPS) is 12.7. The third-order valence-corrected chi connectivity index (χ3v) is 2.61. The van der Waals surface area contributed by atoms with E-state index in [0.29, 0.717) is 5.56 Å². The Morgan fingerprint density at radius 1 is 1.40 bits per heavy atom. The van der Waals surface area contributed by atoms with Gasteiger partial charge >= 0.3 is 0 Å². The number of aromatic nitrogens is 2. The van der Waals surface area contributed by atoms with Gasteiger partial charge in [-0.3, -0.25) is 0 Å². The monoisotopic (exact) mass is 204 g/mol. The molecule has 2 nitrogen and oxygen atoms in total. The van der Waals surface area contributed by atoms with Gasteiger partial charge in [0.05, 0.1) is 0 Å². The van der Waals surface area contributed by atoms with E-state index in [1.807, 2.05) is 13.0 Å². The summed E-state index contributed by atoms with van der Waals surface area (Å²) in [6.45, 7) is 3.82. The molecule has 0 saturated carbocycles. The molecular weight excluding hydrogens is 191 g/mol. The molecule has 0 radical (unpaired) electrons. The molecule has 3 heteroatoms. The standard InChI is InChI=1S/C12H13FN2/c1-8-7-10(3-4-11(8)13)9(2)12-14-5-6-15-12/h3-7,9H,1-2H3,(H,14,15). The Morgan fingerprint density at radius 3 is 2.80 bits per heavy atom. The van der Waals surface area contributed by atoms with E-state index in [2.05, 4.69) is 9.97 Å². The molecule has 0 bridgehead atoms. The molecule has 0 spiro atoms. The maximum Gasteiger partial charge on any atom is 0.126 e. The first-order valence-corrected chi connectivity index (χ1v) is 4.94. The van der Waals surface area contributed by atoms with E-state index in [1.165, 1.54) is 6.07 Å². The van der Waals surface area contributed by atoms with E-state index >= 15 is 0 Å². The van der Waals surface area contributed by atoms with Crippen LogP contribution in [-0.4, -0.2) is 9.97 Å². The molecule has 1 N–H and O–H groups in total. The number of nitrogens with zero attached hydrogens (tertiary/aromatic N) is 1. The van der Waals surface area contributed by atoms with Crippen molar-refractivity contribution in [1.29, 1.82) is 0 Å². The lowest BCUT2D eigenvalue weighted by molar-refractivity contribution is 0.617. The van der Waals surface area contributed by atoms with Crippen LogP contribution >= 0.6 is 0 Å². The Labute approximate surface area is 88.2 Å². The van der Waals surface area contributed by atoms with Gasteiger partial charge in [0, 0.05) is 18.3 Å². The smallest absolute Gasteiger partial charge is 0.126 e. The van der Waals surface area contributed by atoms with Gasteiger partial charge in [-0.15, -0.1) is 0 Å². The number of H-pyrrole nitrogens is 1. The van der Waals surface area contributed by atoms with Crippen molar-refractivity contribution in [2.45, 2.75) is 19.8 Å². The number of hydrogen-bond donors (Lipinski definition) is 1. The van der Waals surface area contributed by atoms with Gasteiger partial charge in [0.25, 0.3) is 0 Å². The fraction of sp³-hybridized carbons (Fsp3) is 0.250. The number of aromatic amines is 1. The number of nitrogens with one attached hydrogen (secondary N) is 1. The van der Waals surface area contributed by atoms with E-state index in [1.54, 1.807) is 25.4 Å². The van der Waals surface area contributed by atoms with Crippen LogP contribution in [0, 0.1) is 12.7 Å². The van der Waals surface area contributed by atoms with Gasteiger partial charge in [-0.2, -0.15) is 0 Å². The summed E-state index contributed by atoms with van der Waals surface area (Å²) < 4.78 is 13.1. The molecule has 0 aliphatic carbocycles. The van der Waals surface area contributed by atoms with Gasteiger partial charge in [0.1, 0.15) is 11.6 Å². The fourth-order valence-corrected chi connectivity index (χ4v) is 1.61. The third kappa shape index (κ3) is 1.91. The summed E-state index contributed by atoms with van der Waals surface area (Å²) in [7, 11) is 0. The lowest BCUT2D eigenvalue weighted by Gasteiger charge is -2.10. The molecule has 0 aliphatic rings. The number of rotatable bonds is 2. The average Bonchev–Trinajstić information content (AvgIpc) is 2.74. The van der Waals surface area contributed by atoms with Gasteiger partial charge in [-0.1, -0.05) is 19.1 Å². The van der Waals surface area contributed by atoms with Crippen LogP contribution in [0.15, 0.2) is 30.6 Å². The SMILES string of the molecule is Cc1cc(C(C)c2ncc[nH]2)ccc1F. The molecule has 2 aromatic rings. The minimum atomic E-state index is -0.162. The Hall–Kier alpha value is -1.64. The molecule has 0 saturated heterocycles. The number of imidazole rings is 1. The second-order valence-corrected chi connectivity index (χ2v) is 3.70. The predicted octanol–water partition coefficient (Wildman–Crippen LogP) is 3.01. The fourth-order valence-electron chi connectivity index (χ4n) is 1.61. The second-order valence-electron chi connectivity index (χ2n) is 3.70. The second kappa shape index (κ2) is 3.85. The van der Waals surface area contributed by atoms with Crippen molar-refractivity contribution < 1.29 is 4.39 Å². The summed E-state index contributed by atoms with van der Waals surface area (Å²) in [6, 6.07) is 5.17. The van der Waals surface area contributed by atoms with Crippen molar-refractivity contribution in [3.05, 3.63) is 53.4 Å². The zero-order chi connectivity index (χ0) is 10.8. The zero-order valence-electron chi connectivity index (χ0n) is 8.79. The quantitative estimate of drug-likeness (QED) is 0.800. The maximum absolute atomic E-state index is 13.1. The molecule has 78 valence electrons. The first-order chi connectivity index (χ1) is 7.18. The highest BCUT2D eigenvalue weighted by atomic mass is 19.1. The van der Waals surface area contributed by atoms with E-state index in [0.717, 1.165) is 11.4 Å². The maximum atomic E-state index is 13.1. The molecule has 1 unspecified atom stereocenters. The van der Waals surface area contributed by atoms with Crippen LogP contribution in [0.2, 0.25) is 0 Å². The van der Waals surface area contributed by atoms with Gasteiger partial charge in [-0.25, -0.2) is 9.37 Å². The van der Waals surface area contributed by atoms with Crippen molar-refractivity contribution in [3.8, 4) is 0 Å². The summed E-state index contributed by atoms with van der Waals surface area (Å²) in [5.74, 6) is 0.908. The number of hydrogen-bond acceptors (Lipinski definition) is 1. The molecule has 0 amide bonds.